The van der Waals surface area contributed by atoms with Gasteiger partial charge in [0.25, 0.3) is 5.56 Å². The van der Waals surface area contributed by atoms with Crippen molar-refractivity contribution in [3.8, 4) is 11.4 Å². The highest BCUT2D eigenvalue weighted by atomic mass is 32.2. The lowest BCUT2D eigenvalue weighted by molar-refractivity contribution is 0.414. The second kappa shape index (κ2) is 9.19. The Hall–Kier alpha value is -2.72. The lowest BCUT2D eigenvalue weighted by atomic mass is 10.2. The van der Waals surface area contributed by atoms with Crippen LogP contribution in [-0.4, -0.2) is 36.9 Å². The Morgan fingerprint density at radius 2 is 2.10 bits per heavy atom. The van der Waals surface area contributed by atoms with E-state index < -0.39 is 0 Å². The fraction of sp³-hybridized carbons (Fsp3) is 0.381. The highest BCUT2D eigenvalue weighted by molar-refractivity contribution is 7.98. The molecule has 0 amide bonds. The lowest BCUT2D eigenvalue weighted by Gasteiger charge is -2.13. The fourth-order valence-corrected chi connectivity index (χ4v) is 5.57. The van der Waals surface area contributed by atoms with Crippen LogP contribution in [0.1, 0.15) is 36.5 Å². The predicted molar refractivity (Wildman–Crippen MR) is 124 cm³/mol. The number of aromatic nitrogens is 6. The van der Waals surface area contributed by atoms with Crippen LogP contribution in [0.2, 0.25) is 0 Å². The third kappa shape index (κ3) is 4.09. The van der Waals surface area contributed by atoms with Gasteiger partial charge < -0.3 is 4.74 Å². The minimum atomic E-state index is -0.0673. The van der Waals surface area contributed by atoms with E-state index in [-0.39, 0.29) is 5.56 Å². The van der Waals surface area contributed by atoms with Gasteiger partial charge in [0.2, 0.25) is 0 Å². The molecule has 0 aliphatic rings. The molecule has 0 atom stereocenters. The standard InChI is InChI=1S/C21H24N6O2S2/c1-5-10-26-17(23-24-25-26)12-30-21-22-19-18(13(3)16(6-2)31-19)20(28)27(21)14-8-7-9-15(11-14)29-4/h7-9,11H,5-6,10,12H2,1-4H3. The molecule has 162 valence electrons. The molecule has 0 aliphatic heterocycles. The van der Waals surface area contributed by atoms with Crippen LogP contribution in [0.15, 0.2) is 34.2 Å². The highest BCUT2D eigenvalue weighted by Gasteiger charge is 2.20. The first-order valence-corrected chi connectivity index (χ1v) is 11.9. The Labute approximate surface area is 188 Å². The Morgan fingerprint density at radius 1 is 1.26 bits per heavy atom. The number of benzene rings is 1. The largest absolute Gasteiger partial charge is 0.497 e. The first kappa shape index (κ1) is 21.5. The van der Waals surface area contributed by atoms with Gasteiger partial charge in [-0.25, -0.2) is 9.67 Å². The summed E-state index contributed by atoms with van der Waals surface area (Å²) in [5.74, 6) is 1.96. The van der Waals surface area contributed by atoms with Crippen LogP contribution in [0.5, 0.6) is 5.75 Å². The summed E-state index contributed by atoms with van der Waals surface area (Å²) in [6.45, 7) is 6.94. The molecule has 0 bridgehead atoms. The van der Waals surface area contributed by atoms with E-state index in [9.17, 15) is 4.79 Å². The molecule has 0 unspecified atom stereocenters. The molecule has 1 aromatic carbocycles. The molecule has 3 heterocycles. The van der Waals surface area contributed by atoms with Crippen LogP contribution in [0.3, 0.4) is 0 Å². The molecule has 4 rings (SSSR count). The van der Waals surface area contributed by atoms with Gasteiger partial charge in [0, 0.05) is 17.5 Å². The molecule has 0 N–H and O–H groups in total. The highest BCUT2D eigenvalue weighted by Crippen LogP contribution is 2.31. The summed E-state index contributed by atoms with van der Waals surface area (Å²) < 4.78 is 8.84. The third-order valence-corrected chi connectivity index (χ3v) is 7.30. The van der Waals surface area contributed by atoms with Gasteiger partial charge in [-0.05, 0) is 47.9 Å². The summed E-state index contributed by atoms with van der Waals surface area (Å²) in [4.78, 5) is 20.5. The van der Waals surface area contributed by atoms with Gasteiger partial charge in [-0.15, -0.1) is 16.4 Å². The minimum absolute atomic E-state index is 0.0673. The zero-order chi connectivity index (χ0) is 22.0. The maximum atomic E-state index is 13.7. The SMILES string of the molecule is CCCn1nnnc1CSc1nc2sc(CC)c(C)c2c(=O)n1-c1cccc(OC)c1. The van der Waals surface area contributed by atoms with Crippen molar-refractivity contribution in [3.63, 3.8) is 0 Å². The van der Waals surface area contributed by atoms with Crippen LogP contribution in [0.4, 0.5) is 0 Å². The molecule has 4 aromatic rings. The summed E-state index contributed by atoms with van der Waals surface area (Å²) in [5, 5.41) is 13.3. The summed E-state index contributed by atoms with van der Waals surface area (Å²) in [6.07, 6.45) is 1.81. The Morgan fingerprint density at radius 3 is 2.84 bits per heavy atom. The van der Waals surface area contributed by atoms with Crippen molar-refractivity contribution in [2.24, 2.45) is 0 Å². The number of thioether (sulfide) groups is 1. The van der Waals surface area contributed by atoms with Crippen molar-refractivity contribution in [1.29, 1.82) is 0 Å². The normalized spacial score (nSPS) is 11.4. The molecule has 31 heavy (non-hydrogen) atoms. The average Bonchev–Trinajstić information content (AvgIpc) is 3.36. The molecule has 10 heteroatoms. The summed E-state index contributed by atoms with van der Waals surface area (Å²) in [5.41, 5.74) is 1.67. The second-order valence-corrected chi connectivity index (χ2v) is 9.05. The van der Waals surface area contributed by atoms with E-state index in [1.165, 1.54) is 16.6 Å². The van der Waals surface area contributed by atoms with Crippen molar-refractivity contribution < 1.29 is 4.74 Å². The molecule has 0 radical (unpaired) electrons. The quantitative estimate of drug-likeness (QED) is 0.292. The number of methoxy groups -OCH3 is 1. The van der Waals surface area contributed by atoms with Gasteiger partial charge in [0.05, 0.1) is 23.9 Å². The monoisotopic (exact) mass is 456 g/mol. The van der Waals surface area contributed by atoms with E-state index >= 15 is 0 Å². The second-order valence-electron chi connectivity index (χ2n) is 7.03. The Balaban J connectivity index is 1.85. The maximum Gasteiger partial charge on any atom is 0.267 e. The van der Waals surface area contributed by atoms with Crippen LogP contribution >= 0.6 is 23.1 Å². The zero-order valence-corrected chi connectivity index (χ0v) is 19.6. The van der Waals surface area contributed by atoms with E-state index in [2.05, 4.69) is 29.4 Å². The van der Waals surface area contributed by atoms with Gasteiger partial charge in [-0.1, -0.05) is 31.7 Å². The molecule has 0 spiro atoms. The molecule has 8 nitrogen and oxygen atoms in total. The first-order chi connectivity index (χ1) is 15.1. The number of ether oxygens (including phenoxy) is 1. The number of aryl methyl sites for hydroxylation is 3. The van der Waals surface area contributed by atoms with E-state index in [0.29, 0.717) is 22.0 Å². The van der Waals surface area contributed by atoms with Crippen molar-refractivity contribution in [2.45, 2.75) is 51.1 Å². The topological polar surface area (TPSA) is 87.7 Å². The molecule has 3 aromatic heterocycles. The number of fused-ring (bicyclic) bond motifs is 1. The molecule has 0 aliphatic carbocycles. The molecule has 0 saturated carbocycles. The van der Waals surface area contributed by atoms with Gasteiger partial charge in [0.15, 0.2) is 11.0 Å². The number of rotatable bonds is 8. The van der Waals surface area contributed by atoms with E-state index in [1.54, 1.807) is 27.7 Å². The summed E-state index contributed by atoms with van der Waals surface area (Å²) in [6, 6.07) is 7.48. The zero-order valence-electron chi connectivity index (χ0n) is 18.0. The van der Waals surface area contributed by atoms with Crippen LogP contribution in [0.25, 0.3) is 15.9 Å². The molecular weight excluding hydrogens is 432 g/mol. The van der Waals surface area contributed by atoms with Gasteiger partial charge in [-0.3, -0.25) is 9.36 Å². The van der Waals surface area contributed by atoms with E-state index in [0.717, 1.165) is 41.3 Å². The number of thiophene rings is 1. The number of tetrazole rings is 1. The first-order valence-electron chi connectivity index (χ1n) is 10.1. The van der Waals surface area contributed by atoms with Gasteiger partial charge in [-0.2, -0.15) is 0 Å². The summed E-state index contributed by atoms with van der Waals surface area (Å²) >= 11 is 3.05. The van der Waals surface area contributed by atoms with Crippen LogP contribution < -0.4 is 10.3 Å². The van der Waals surface area contributed by atoms with E-state index in [1.807, 2.05) is 31.2 Å². The molecular formula is C21H24N6O2S2. The van der Waals surface area contributed by atoms with Crippen molar-refractivity contribution in [3.05, 3.63) is 50.9 Å². The molecule has 0 fully saturated rings. The Kier molecular flexibility index (Phi) is 6.38. The number of hydrogen-bond donors (Lipinski definition) is 0. The van der Waals surface area contributed by atoms with E-state index in [4.69, 9.17) is 9.72 Å². The predicted octanol–water partition coefficient (Wildman–Crippen LogP) is 4.02. The fourth-order valence-electron chi connectivity index (χ4n) is 3.46. The smallest absolute Gasteiger partial charge is 0.267 e. The molecule has 0 saturated heterocycles. The van der Waals surface area contributed by atoms with Crippen molar-refractivity contribution in [2.75, 3.05) is 7.11 Å². The average molecular weight is 457 g/mol. The minimum Gasteiger partial charge on any atom is -0.497 e. The van der Waals surface area contributed by atoms with Crippen LogP contribution in [0, 0.1) is 6.92 Å². The van der Waals surface area contributed by atoms with Gasteiger partial charge >= 0.3 is 0 Å². The lowest BCUT2D eigenvalue weighted by Crippen LogP contribution is -2.21. The van der Waals surface area contributed by atoms with Crippen molar-refractivity contribution >= 4 is 33.3 Å². The van der Waals surface area contributed by atoms with Crippen molar-refractivity contribution in [1.82, 2.24) is 29.8 Å². The summed E-state index contributed by atoms with van der Waals surface area (Å²) in [7, 11) is 1.61. The van der Waals surface area contributed by atoms with Gasteiger partial charge in [0.1, 0.15) is 10.6 Å². The Bertz CT molecular complexity index is 1280. The third-order valence-electron chi connectivity index (χ3n) is 5.04. The number of nitrogens with zero attached hydrogens (tertiary/aromatic N) is 6. The van der Waals surface area contributed by atoms with Crippen LogP contribution in [-0.2, 0) is 18.7 Å². The maximum absolute atomic E-state index is 13.7. The number of hydrogen-bond acceptors (Lipinski definition) is 8.